The molecule has 8 heteroatoms. The SMILES string of the molecule is C=NOc1ccc(S(=O)(=O)Cc2ccc(CCC3=CC(c4ccccc4O)=C/C(=C(\Br)C=NC)C3)cc2)cc1. The van der Waals surface area contributed by atoms with Crippen molar-refractivity contribution < 1.29 is 18.4 Å². The van der Waals surface area contributed by atoms with Gasteiger partial charge in [-0.2, -0.15) is 0 Å². The molecule has 1 aliphatic rings. The molecule has 0 aliphatic heterocycles. The van der Waals surface area contributed by atoms with Crippen LogP contribution in [0, 0.1) is 0 Å². The number of phenols is 1. The summed E-state index contributed by atoms with van der Waals surface area (Å²) < 4.78 is 26.6. The van der Waals surface area contributed by atoms with Crippen LogP contribution < -0.4 is 4.84 Å². The first kappa shape index (κ1) is 28.3. The van der Waals surface area contributed by atoms with Crippen molar-refractivity contribution in [3.63, 3.8) is 0 Å². The predicted molar refractivity (Wildman–Crippen MR) is 161 cm³/mol. The smallest absolute Gasteiger partial charge is 0.182 e. The Morgan fingerprint density at radius 1 is 1.00 bits per heavy atom. The summed E-state index contributed by atoms with van der Waals surface area (Å²) in [6.45, 7) is 3.25. The minimum absolute atomic E-state index is 0.0891. The van der Waals surface area contributed by atoms with Crippen LogP contribution in [0.1, 0.15) is 29.5 Å². The van der Waals surface area contributed by atoms with E-state index in [1.807, 2.05) is 42.5 Å². The number of phenolic OH excluding ortho intramolecular Hbond substituents is 1. The molecule has 0 radical (unpaired) electrons. The Kier molecular flexibility index (Phi) is 9.32. The zero-order valence-corrected chi connectivity index (χ0v) is 24.0. The quantitative estimate of drug-likeness (QED) is 0.198. The number of nitrogens with zero attached hydrogens (tertiary/aromatic N) is 2. The van der Waals surface area contributed by atoms with E-state index in [9.17, 15) is 13.5 Å². The monoisotopic (exact) mass is 604 g/mol. The van der Waals surface area contributed by atoms with Crippen molar-refractivity contribution in [2.75, 3.05) is 7.05 Å². The van der Waals surface area contributed by atoms with Crippen molar-refractivity contribution in [1.82, 2.24) is 0 Å². The Morgan fingerprint density at radius 3 is 2.36 bits per heavy atom. The minimum atomic E-state index is -3.50. The van der Waals surface area contributed by atoms with Gasteiger partial charge < -0.3 is 9.94 Å². The van der Waals surface area contributed by atoms with Gasteiger partial charge in [0.2, 0.25) is 0 Å². The summed E-state index contributed by atoms with van der Waals surface area (Å²) in [5.41, 5.74) is 5.91. The molecular weight excluding hydrogens is 576 g/mol. The first-order chi connectivity index (χ1) is 18.8. The van der Waals surface area contributed by atoms with Crippen LogP contribution in [0.2, 0.25) is 0 Å². The molecule has 0 unspecified atom stereocenters. The highest BCUT2D eigenvalue weighted by molar-refractivity contribution is 9.12. The fourth-order valence-electron chi connectivity index (χ4n) is 4.37. The first-order valence-electron chi connectivity index (χ1n) is 12.3. The van der Waals surface area contributed by atoms with E-state index in [4.69, 9.17) is 4.84 Å². The lowest BCUT2D eigenvalue weighted by Gasteiger charge is -2.18. The van der Waals surface area contributed by atoms with Gasteiger partial charge in [0, 0.05) is 30.0 Å². The van der Waals surface area contributed by atoms with Gasteiger partial charge in [-0.05, 0) is 93.9 Å². The van der Waals surface area contributed by atoms with Crippen LogP contribution in [-0.4, -0.2) is 33.5 Å². The van der Waals surface area contributed by atoms with Crippen molar-refractivity contribution in [2.24, 2.45) is 10.1 Å². The number of sulfone groups is 1. The normalized spacial score (nSPS) is 15.0. The number of allylic oxidation sites excluding steroid dienone is 6. The first-order valence-corrected chi connectivity index (χ1v) is 14.8. The molecule has 4 rings (SSSR count). The minimum Gasteiger partial charge on any atom is -0.507 e. The second kappa shape index (κ2) is 12.9. The third-order valence-corrected chi connectivity index (χ3v) is 8.76. The van der Waals surface area contributed by atoms with Gasteiger partial charge in [0.05, 0.1) is 10.6 Å². The maximum absolute atomic E-state index is 12.9. The number of hydrogen-bond donors (Lipinski definition) is 1. The molecule has 200 valence electrons. The fourth-order valence-corrected chi connectivity index (χ4v) is 6.18. The fraction of sp³-hybridized carbons (Fsp3) is 0.161. The summed E-state index contributed by atoms with van der Waals surface area (Å²) in [4.78, 5) is 9.28. The number of aromatic hydroxyl groups is 1. The number of rotatable bonds is 10. The van der Waals surface area contributed by atoms with Crippen molar-refractivity contribution in [2.45, 2.75) is 29.9 Å². The molecule has 0 fully saturated rings. The largest absolute Gasteiger partial charge is 0.507 e. The average molecular weight is 606 g/mol. The second-order valence-corrected chi connectivity index (χ2v) is 12.0. The van der Waals surface area contributed by atoms with Crippen LogP contribution in [-0.2, 0) is 22.0 Å². The topological polar surface area (TPSA) is 88.3 Å². The van der Waals surface area contributed by atoms with E-state index in [0.717, 1.165) is 51.6 Å². The Balaban J connectivity index is 1.46. The van der Waals surface area contributed by atoms with Gasteiger partial charge in [0.15, 0.2) is 15.6 Å². The van der Waals surface area contributed by atoms with E-state index in [1.54, 1.807) is 31.5 Å². The number of hydrogen-bond acceptors (Lipinski definition) is 6. The van der Waals surface area contributed by atoms with E-state index in [0.29, 0.717) is 5.75 Å². The average Bonchev–Trinajstić information content (AvgIpc) is 2.93. The van der Waals surface area contributed by atoms with Gasteiger partial charge in [0.25, 0.3) is 0 Å². The van der Waals surface area contributed by atoms with Crippen molar-refractivity contribution in [3.05, 3.63) is 117 Å². The van der Waals surface area contributed by atoms with Crippen molar-refractivity contribution in [3.8, 4) is 11.5 Å². The summed E-state index contributed by atoms with van der Waals surface area (Å²) in [5.74, 6) is 0.580. The number of benzene rings is 3. The van der Waals surface area contributed by atoms with E-state index >= 15 is 0 Å². The van der Waals surface area contributed by atoms with E-state index < -0.39 is 9.84 Å². The lowest BCUT2D eigenvalue weighted by Crippen LogP contribution is -2.05. The number of oxime groups is 1. The third kappa shape index (κ3) is 7.43. The summed E-state index contributed by atoms with van der Waals surface area (Å²) >= 11 is 3.63. The van der Waals surface area contributed by atoms with Gasteiger partial charge in [-0.3, -0.25) is 4.99 Å². The standard InChI is InChI=1S/C31H29BrN2O4S/c1-33-20-30(32)26-18-24(17-25(19-26)29-5-3-4-6-31(29)35)12-9-22-7-10-23(11-8-22)21-39(36,37)28-15-13-27(14-16-28)38-34-2/h3-8,10-11,13-17,19-20,35H,2,9,12,18,21H2,1H3/b30-26-,33-20?. The molecule has 0 aromatic heterocycles. The molecular formula is C31H29BrN2O4S. The van der Waals surface area contributed by atoms with Gasteiger partial charge in [-0.1, -0.05) is 59.3 Å². The van der Waals surface area contributed by atoms with E-state index in [1.165, 1.54) is 17.7 Å². The summed E-state index contributed by atoms with van der Waals surface area (Å²) in [5, 5.41) is 13.8. The number of para-hydroxylation sites is 1. The zero-order valence-electron chi connectivity index (χ0n) is 21.5. The molecule has 0 amide bonds. The number of halogens is 1. The van der Waals surface area contributed by atoms with Crippen molar-refractivity contribution in [1.29, 1.82) is 0 Å². The molecule has 3 aromatic rings. The second-order valence-electron chi connectivity index (χ2n) is 9.12. The lowest BCUT2D eigenvalue weighted by atomic mass is 9.88. The molecule has 6 nitrogen and oxygen atoms in total. The Labute approximate surface area is 237 Å². The lowest BCUT2D eigenvalue weighted by molar-refractivity contribution is 0.345. The molecule has 1 N–H and O–H groups in total. The van der Waals surface area contributed by atoms with E-state index in [-0.39, 0.29) is 16.4 Å². The maximum atomic E-state index is 12.9. The summed E-state index contributed by atoms with van der Waals surface area (Å²) in [6, 6.07) is 21.2. The Hall–Kier alpha value is -3.75. The molecule has 0 atom stereocenters. The molecule has 0 bridgehead atoms. The van der Waals surface area contributed by atoms with E-state index in [2.05, 4.69) is 44.9 Å². The molecule has 39 heavy (non-hydrogen) atoms. The maximum Gasteiger partial charge on any atom is 0.182 e. The molecule has 0 saturated heterocycles. The van der Waals surface area contributed by atoms with Gasteiger partial charge >= 0.3 is 0 Å². The highest BCUT2D eigenvalue weighted by Gasteiger charge is 2.17. The van der Waals surface area contributed by atoms with Gasteiger partial charge in [-0.25, -0.2) is 8.42 Å². The van der Waals surface area contributed by atoms with Crippen LogP contribution in [0.4, 0.5) is 0 Å². The molecule has 3 aromatic carbocycles. The molecule has 0 saturated carbocycles. The van der Waals surface area contributed by atoms with Crippen LogP contribution >= 0.6 is 15.9 Å². The number of aliphatic imine (C=N–C) groups is 1. The zero-order chi connectivity index (χ0) is 27.8. The van der Waals surface area contributed by atoms with Gasteiger partial charge in [-0.15, -0.1) is 0 Å². The molecule has 0 heterocycles. The molecule has 1 aliphatic carbocycles. The third-order valence-electron chi connectivity index (χ3n) is 6.34. The Bertz CT molecular complexity index is 1570. The van der Waals surface area contributed by atoms with Crippen molar-refractivity contribution >= 4 is 44.3 Å². The van der Waals surface area contributed by atoms with Crippen LogP contribution in [0.5, 0.6) is 11.5 Å². The number of aryl methyl sites for hydroxylation is 1. The van der Waals surface area contributed by atoms with Crippen LogP contribution in [0.3, 0.4) is 0 Å². The summed E-state index contributed by atoms with van der Waals surface area (Å²) in [6.07, 6.45) is 8.40. The molecule has 0 spiro atoms. The highest BCUT2D eigenvalue weighted by atomic mass is 79.9. The predicted octanol–water partition coefficient (Wildman–Crippen LogP) is 7.06. The van der Waals surface area contributed by atoms with Crippen LogP contribution in [0.15, 0.2) is 116 Å². The highest BCUT2D eigenvalue weighted by Crippen LogP contribution is 2.36. The van der Waals surface area contributed by atoms with Crippen LogP contribution in [0.25, 0.3) is 5.57 Å². The van der Waals surface area contributed by atoms with Gasteiger partial charge in [0.1, 0.15) is 5.75 Å². The summed E-state index contributed by atoms with van der Waals surface area (Å²) in [7, 11) is -1.77. The Morgan fingerprint density at radius 2 is 1.69 bits per heavy atom.